The summed E-state index contributed by atoms with van der Waals surface area (Å²) in [4.78, 5) is 11.4. The molecule has 0 aliphatic heterocycles. The molecule has 0 radical (unpaired) electrons. The molecule has 0 aromatic heterocycles. The van der Waals surface area contributed by atoms with Crippen LogP contribution < -0.4 is 16.2 Å². The number of benzene rings is 2. The first-order valence-electron chi connectivity index (χ1n) is 6.44. The zero-order valence-corrected chi connectivity index (χ0v) is 11.6. The van der Waals surface area contributed by atoms with Gasteiger partial charge in [0.1, 0.15) is 11.5 Å². The van der Waals surface area contributed by atoms with E-state index in [-0.39, 0.29) is 5.56 Å². The fourth-order valence-corrected chi connectivity index (χ4v) is 1.88. The van der Waals surface area contributed by atoms with Gasteiger partial charge in [0.25, 0.3) is 5.91 Å². The van der Waals surface area contributed by atoms with Gasteiger partial charge in [0.05, 0.1) is 5.56 Å². The first-order valence-corrected chi connectivity index (χ1v) is 6.44. The van der Waals surface area contributed by atoms with Gasteiger partial charge in [0.2, 0.25) is 0 Å². The molecule has 4 heteroatoms. The Labute approximate surface area is 118 Å². The van der Waals surface area contributed by atoms with E-state index in [4.69, 9.17) is 16.2 Å². The maximum absolute atomic E-state index is 11.4. The van der Waals surface area contributed by atoms with E-state index in [2.05, 4.69) is 13.8 Å². The van der Waals surface area contributed by atoms with Gasteiger partial charge in [-0.2, -0.15) is 0 Å². The number of anilines is 1. The number of amides is 1. The maximum atomic E-state index is 11.4. The molecule has 0 unspecified atom stereocenters. The van der Waals surface area contributed by atoms with E-state index in [1.807, 2.05) is 24.3 Å². The summed E-state index contributed by atoms with van der Waals surface area (Å²) in [6.07, 6.45) is 0. The SMILES string of the molecule is CC(C)c1ccc(Oc2ccc(N)cc2C(N)=O)cc1. The van der Waals surface area contributed by atoms with Crippen LogP contribution in [0.1, 0.15) is 35.7 Å². The van der Waals surface area contributed by atoms with Gasteiger partial charge in [-0.05, 0) is 41.8 Å². The minimum atomic E-state index is -0.564. The van der Waals surface area contributed by atoms with Gasteiger partial charge in [0.15, 0.2) is 0 Å². The number of hydrogen-bond acceptors (Lipinski definition) is 3. The molecule has 0 aliphatic carbocycles. The summed E-state index contributed by atoms with van der Waals surface area (Å²) in [7, 11) is 0. The lowest BCUT2D eigenvalue weighted by molar-refractivity contribution is 0.0998. The molecule has 104 valence electrons. The van der Waals surface area contributed by atoms with E-state index in [1.54, 1.807) is 12.1 Å². The van der Waals surface area contributed by atoms with Crippen molar-refractivity contribution in [2.45, 2.75) is 19.8 Å². The van der Waals surface area contributed by atoms with E-state index >= 15 is 0 Å². The highest BCUT2D eigenvalue weighted by atomic mass is 16.5. The highest BCUT2D eigenvalue weighted by Gasteiger charge is 2.11. The Kier molecular flexibility index (Phi) is 3.94. The summed E-state index contributed by atoms with van der Waals surface area (Å²) in [5, 5.41) is 0. The van der Waals surface area contributed by atoms with Gasteiger partial charge in [-0.15, -0.1) is 0 Å². The third-order valence-corrected chi connectivity index (χ3v) is 3.04. The fourth-order valence-electron chi connectivity index (χ4n) is 1.88. The van der Waals surface area contributed by atoms with Crippen LogP contribution >= 0.6 is 0 Å². The Morgan fingerprint density at radius 2 is 1.75 bits per heavy atom. The summed E-state index contributed by atoms with van der Waals surface area (Å²) in [5.74, 6) is 0.957. The molecule has 4 N–H and O–H groups in total. The van der Waals surface area contributed by atoms with Gasteiger partial charge in [-0.25, -0.2) is 0 Å². The van der Waals surface area contributed by atoms with Crippen LogP contribution in [0.2, 0.25) is 0 Å². The Morgan fingerprint density at radius 3 is 2.30 bits per heavy atom. The van der Waals surface area contributed by atoms with Crippen LogP contribution in [0, 0.1) is 0 Å². The quantitative estimate of drug-likeness (QED) is 0.837. The van der Waals surface area contributed by atoms with Gasteiger partial charge in [0, 0.05) is 5.69 Å². The lowest BCUT2D eigenvalue weighted by Crippen LogP contribution is -2.12. The lowest BCUT2D eigenvalue weighted by Gasteiger charge is -2.11. The van der Waals surface area contributed by atoms with E-state index < -0.39 is 5.91 Å². The first-order chi connectivity index (χ1) is 9.47. The maximum Gasteiger partial charge on any atom is 0.252 e. The standard InChI is InChI=1S/C16H18N2O2/c1-10(2)11-3-6-13(7-4-11)20-15-8-5-12(17)9-14(15)16(18)19/h3-10H,17H2,1-2H3,(H2,18,19). The minimum absolute atomic E-state index is 0.276. The van der Waals surface area contributed by atoms with Crippen LogP contribution in [-0.4, -0.2) is 5.91 Å². The number of hydrogen-bond donors (Lipinski definition) is 2. The molecular formula is C16H18N2O2. The summed E-state index contributed by atoms with van der Waals surface area (Å²) < 4.78 is 5.70. The first kappa shape index (κ1) is 13.9. The van der Waals surface area contributed by atoms with Crippen LogP contribution in [0.4, 0.5) is 5.69 Å². The topological polar surface area (TPSA) is 78.3 Å². The second kappa shape index (κ2) is 5.65. The van der Waals surface area contributed by atoms with E-state index in [0.717, 1.165) is 0 Å². The Hall–Kier alpha value is -2.49. The summed E-state index contributed by atoms with van der Waals surface area (Å²) in [5.41, 5.74) is 13.0. The molecule has 0 fully saturated rings. The van der Waals surface area contributed by atoms with Gasteiger partial charge < -0.3 is 16.2 Å². The Morgan fingerprint density at radius 1 is 1.10 bits per heavy atom. The monoisotopic (exact) mass is 270 g/mol. The predicted octanol–water partition coefficient (Wildman–Crippen LogP) is 3.28. The average molecular weight is 270 g/mol. The molecule has 0 spiro atoms. The number of rotatable bonds is 4. The molecule has 0 aliphatic rings. The molecular weight excluding hydrogens is 252 g/mol. The van der Waals surface area contributed by atoms with Gasteiger partial charge in [-0.3, -0.25) is 4.79 Å². The number of primary amides is 1. The van der Waals surface area contributed by atoms with Crippen LogP contribution in [-0.2, 0) is 0 Å². The third-order valence-electron chi connectivity index (χ3n) is 3.04. The predicted molar refractivity (Wildman–Crippen MR) is 80.0 cm³/mol. The molecule has 4 nitrogen and oxygen atoms in total. The van der Waals surface area contributed by atoms with E-state index in [9.17, 15) is 4.79 Å². The smallest absolute Gasteiger partial charge is 0.252 e. The molecule has 1 amide bonds. The molecule has 2 aromatic carbocycles. The number of nitrogens with two attached hydrogens (primary N) is 2. The molecule has 0 saturated heterocycles. The summed E-state index contributed by atoms with van der Waals surface area (Å²) >= 11 is 0. The van der Waals surface area contributed by atoms with Crippen molar-refractivity contribution in [1.82, 2.24) is 0 Å². The average Bonchev–Trinajstić information content (AvgIpc) is 2.41. The molecule has 0 heterocycles. The van der Waals surface area contributed by atoms with Crippen molar-refractivity contribution < 1.29 is 9.53 Å². The van der Waals surface area contributed by atoms with Crippen molar-refractivity contribution >= 4 is 11.6 Å². The number of carbonyl (C=O) groups is 1. The molecule has 2 aromatic rings. The minimum Gasteiger partial charge on any atom is -0.457 e. The Bertz CT molecular complexity index is 619. The van der Waals surface area contributed by atoms with Crippen molar-refractivity contribution in [1.29, 1.82) is 0 Å². The number of ether oxygens (including phenoxy) is 1. The normalized spacial score (nSPS) is 10.6. The molecule has 0 saturated carbocycles. The van der Waals surface area contributed by atoms with Crippen molar-refractivity contribution in [3.05, 3.63) is 53.6 Å². The second-order valence-corrected chi connectivity index (χ2v) is 4.95. The summed E-state index contributed by atoms with van der Waals surface area (Å²) in [6.45, 7) is 4.25. The molecule has 20 heavy (non-hydrogen) atoms. The van der Waals surface area contributed by atoms with Crippen LogP contribution in [0.3, 0.4) is 0 Å². The fraction of sp³-hybridized carbons (Fsp3) is 0.188. The van der Waals surface area contributed by atoms with Crippen LogP contribution in [0.25, 0.3) is 0 Å². The zero-order valence-electron chi connectivity index (χ0n) is 11.6. The number of carbonyl (C=O) groups excluding carboxylic acids is 1. The largest absolute Gasteiger partial charge is 0.457 e. The van der Waals surface area contributed by atoms with Crippen LogP contribution in [0.5, 0.6) is 11.5 Å². The second-order valence-electron chi connectivity index (χ2n) is 4.95. The number of nitrogen functional groups attached to an aromatic ring is 1. The molecule has 2 rings (SSSR count). The van der Waals surface area contributed by atoms with Crippen molar-refractivity contribution in [3.8, 4) is 11.5 Å². The Balaban J connectivity index is 2.28. The molecule has 0 bridgehead atoms. The summed E-state index contributed by atoms with van der Waals surface area (Å²) in [6, 6.07) is 12.6. The highest BCUT2D eigenvalue weighted by molar-refractivity contribution is 5.96. The van der Waals surface area contributed by atoms with Gasteiger partial charge >= 0.3 is 0 Å². The van der Waals surface area contributed by atoms with E-state index in [0.29, 0.717) is 23.1 Å². The van der Waals surface area contributed by atoms with Crippen molar-refractivity contribution in [2.24, 2.45) is 5.73 Å². The zero-order chi connectivity index (χ0) is 14.7. The van der Waals surface area contributed by atoms with Crippen molar-refractivity contribution in [2.75, 3.05) is 5.73 Å². The van der Waals surface area contributed by atoms with Gasteiger partial charge in [-0.1, -0.05) is 26.0 Å². The van der Waals surface area contributed by atoms with Crippen LogP contribution in [0.15, 0.2) is 42.5 Å². The van der Waals surface area contributed by atoms with E-state index in [1.165, 1.54) is 11.6 Å². The molecule has 0 atom stereocenters. The third kappa shape index (κ3) is 3.09. The van der Waals surface area contributed by atoms with Crippen molar-refractivity contribution in [3.63, 3.8) is 0 Å². The lowest BCUT2D eigenvalue weighted by atomic mass is 10.0. The highest BCUT2D eigenvalue weighted by Crippen LogP contribution is 2.28.